The molecule has 1 heterocycles. The van der Waals surface area contributed by atoms with Crippen molar-refractivity contribution >= 4 is 23.1 Å². The Balaban J connectivity index is 2.15. The summed E-state index contributed by atoms with van der Waals surface area (Å²) in [4.78, 5) is 13.5. The number of carbonyl (C=O) groups excluding carboxylic acids is 1. The molecule has 0 bridgehead atoms. The van der Waals surface area contributed by atoms with Gasteiger partial charge in [0.05, 0.1) is 11.3 Å². The molecule has 0 radical (unpaired) electrons. The van der Waals surface area contributed by atoms with Crippen molar-refractivity contribution in [3.05, 3.63) is 28.8 Å². The van der Waals surface area contributed by atoms with Gasteiger partial charge in [0.15, 0.2) is 0 Å². The number of rotatable bonds is 2. The highest BCUT2D eigenvalue weighted by molar-refractivity contribution is 6.30. The van der Waals surface area contributed by atoms with E-state index in [0.29, 0.717) is 10.6 Å². The molecule has 1 fully saturated rings. The largest absolute Gasteiger partial charge is 0.370 e. The van der Waals surface area contributed by atoms with Gasteiger partial charge in [0.1, 0.15) is 11.9 Å². The van der Waals surface area contributed by atoms with Gasteiger partial charge in [-0.3, -0.25) is 4.79 Å². The number of ketones is 1. The Morgan fingerprint density at radius 1 is 1.44 bits per heavy atom. The molecule has 2 rings (SSSR count). The Morgan fingerprint density at radius 2 is 2.11 bits per heavy atom. The Kier molecular flexibility index (Phi) is 3.88. The van der Waals surface area contributed by atoms with E-state index in [4.69, 9.17) is 16.9 Å². The van der Waals surface area contributed by atoms with Gasteiger partial charge in [-0.2, -0.15) is 5.26 Å². The molecule has 0 atom stereocenters. The van der Waals surface area contributed by atoms with E-state index in [-0.39, 0.29) is 11.7 Å². The summed E-state index contributed by atoms with van der Waals surface area (Å²) >= 11 is 5.88. The molecule has 0 saturated carbocycles. The van der Waals surface area contributed by atoms with Crippen molar-refractivity contribution in [1.82, 2.24) is 0 Å². The molecule has 0 N–H and O–H groups in total. The lowest BCUT2D eigenvalue weighted by atomic mass is 9.93. The van der Waals surface area contributed by atoms with Crippen LogP contribution in [0.1, 0.15) is 25.3 Å². The van der Waals surface area contributed by atoms with Crippen LogP contribution < -0.4 is 4.90 Å². The monoisotopic (exact) mass is 262 g/mol. The Bertz CT molecular complexity index is 499. The standard InChI is InChI=1S/C14H15ClN2O/c1-10(18)11-4-6-17(7-5-11)14-3-2-13(15)8-12(14)9-16/h2-3,8,11H,4-7H2,1H3. The first-order valence-electron chi connectivity index (χ1n) is 6.07. The van der Waals surface area contributed by atoms with Crippen LogP contribution in [0.2, 0.25) is 5.02 Å². The van der Waals surface area contributed by atoms with Gasteiger partial charge < -0.3 is 4.90 Å². The number of Topliss-reactive ketones (excluding diaryl/α,β-unsaturated/α-hetero) is 1. The maximum absolute atomic E-state index is 11.3. The van der Waals surface area contributed by atoms with Crippen molar-refractivity contribution in [3.63, 3.8) is 0 Å². The highest BCUT2D eigenvalue weighted by Gasteiger charge is 2.23. The smallest absolute Gasteiger partial charge is 0.133 e. The number of halogens is 1. The fourth-order valence-corrected chi connectivity index (χ4v) is 2.57. The van der Waals surface area contributed by atoms with Crippen molar-refractivity contribution in [2.24, 2.45) is 5.92 Å². The van der Waals surface area contributed by atoms with E-state index in [0.717, 1.165) is 31.6 Å². The maximum Gasteiger partial charge on any atom is 0.133 e. The molecular weight excluding hydrogens is 248 g/mol. The molecule has 0 amide bonds. The Labute approximate surface area is 112 Å². The van der Waals surface area contributed by atoms with Crippen molar-refractivity contribution in [2.45, 2.75) is 19.8 Å². The van der Waals surface area contributed by atoms with E-state index in [2.05, 4.69) is 11.0 Å². The number of nitriles is 1. The first kappa shape index (κ1) is 12.9. The molecule has 18 heavy (non-hydrogen) atoms. The van der Waals surface area contributed by atoms with Crippen molar-refractivity contribution in [1.29, 1.82) is 5.26 Å². The van der Waals surface area contributed by atoms with Crippen molar-refractivity contribution in [2.75, 3.05) is 18.0 Å². The van der Waals surface area contributed by atoms with Crippen LogP contribution in [0, 0.1) is 17.2 Å². The molecule has 94 valence electrons. The number of hydrogen-bond acceptors (Lipinski definition) is 3. The second-order valence-corrected chi connectivity index (χ2v) is 5.08. The van der Waals surface area contributed by atoms with Crippen LogP contribution in [0.3, 0.4) is 0 Å². The lowest BCUT2D eigenvalue weighted by molar-refractivity contribution is -0.121. The van der Waals surface area contributed by atoms with Gasteiger partial charge in [-0.05, 0) is 38.0 Å². The number of benzene rings is 1. The van der Waals surface area contributed by atoms with Crippen molar-refractivity contribution in [3.8, 4) is 6.07 Å². The Morgan fingerprint density at radius 3 is 2.67 bits per heavy atom. The topological polar surface area (TPSA) is 44.1 Å². The maximum atomic E-state index is 11.3. The van der Waals surface area contributed by atoms with E-state index in [1.807, 2.05) is 6.07 Å². The summed E-state index contributed by atoms with van der Waals surface area (Å²) in [6.45, 7) is 3.30. The third kappa shape index (κ3) is 2.65. The molecule has 0 spiro atoms. The number of hydrogen-bond donors (Lipinski definition) is 0. The lowest BCUT2D eigenvalue weighted by Crippen LogP contribution is -2.36. The van der Waals surface area contributed by atoms with Gasteiger partial charge >= 0.3 is 0 Å². The van der Waals surface area contributed by atoms with Gasteiger partial charge in [-0.1, -0.05) is 11.6 Å². The van der Waals surface area contributed by atoms with Crippen LogP contribution in [0.4, 0.5) is 5.69 Å². The average Bonchev–Trinajstić information content (AvgIpc) is 2.38. The fraction of sp³-hybridized carbons (Fsp3) is 0.429. The first-order valence-corrected chi connectivity index (χ1v) is 6.44. The van der Waals surface area contributed by atoms with E-state index in [9.17, 15) is 4.79 Å². The van der Waals surface area contributed by atoms with Crippen LogP contribution >= 0.6 is 11.6 Å². The predicted molar refractivity (Wildman–Crippen MR) is 71.8 cm³/mol. The van der Waals surface area contributed by atoms with Gasteiger partial charge in [0.2, 0.25) is 0 Å². The summed E-state index contributed by atoms with van der Waals surface area (Å²) in [7, 11) is 0. The van der Waals surface area contributed by atoms with E-state index in [1.54, 1.807) is 19.1 Å². The van der Waals surface area contributed by atoms with E-state index < -0.39 is 0 Å². The second kappa shape index (κ2) is 5.41. The summed E-state index contributed by atoms with van der Waals surface area (Å²) < 4.78 is 0. The minimum absolute atomic E-state index is 0.180. The van der Waals surface area contributed by atoms with E-state index >= 15 is 0 Å². The lowest BCUT2D eigenvalue weighted by Gasteiger charge is -2.33. The van der Waals surface area contributed by atoms with Crippen LogP contribution in [0.5, 0.6) is 0 Å². The van der Waals surface area contributed by atoms with Crippen molar-refractivity contribution < 1.29 is 4.79 Å². The molecule has 3 nitrogen and oxygen atoms in total. The van der Waals surface area contributed by atoms with Gasteiger partial charge in [-0.15, -0.1) is 0 Å². The van der Waals surface area contributed by atoms with Gasteiger partial charge in [0.25, 0.3) is 0 Å². The SMILES string of the molecule is CC(=O)C1CCN(c2ccc(Cl)cc2C#N)CC1. The number of nitrogens with zero attached hydrogens (tertiary/aromatic N) is 2. The molecule has 1 saturated heterocycles. The fourth-order valence-electron chi connectivity index (χ4n) is 2.40. The molecule has 0 unspecified atom stereocenters. The molecule has 0 aromatic heterocycles. The van der Waals surface area contributed by atoms with Crippen LogP contribution in [-0.2, 0) is 4.79 Å². The molecule has 1 aromatic carbocycles. The highest BCUT2D eigenvalue weighted by atomic mass is 35.5. The zero-order valence-electron chi connectivity index (χ0n) is 10.3. The third-order valence-corrected chi connectivity index (χ3v) is 3.72. The van der Waals surface area contributed by atoms with Gasteiger partial charge in [0, 0.05) is 24.0 Å². The molecule has 0 aliphatic carbocycles. The zero-order valence-corrected chi connectivity index (χ0v) is 11.1. The molecule has 1 aliphatic rings. The summed E-state index contributed by atoms with van der Waals surface area (Å²) in [5.74, 6) is 0.449. The molecule has 4 heteroatoms. The van der Waals surface area contributed by atoms with Crippen LogP contribution in [0.15, 0.2) is 18.2 Å². The Hall–Kier alpha value is -1.53. The minimum Gasteiger partial charge on any atom is -0.370 e. The summed E-state index contributed by atoms with van der Waals surface area (Å²) in [5, 5.41) is 9.70. The normalized spacial score (nSPS) is 16.4. The highest BCUT2D eigenvalue weighted by Crippen LogP contribution is 2.28. The second-order valence-electron chi connectivity index (χ2n) is 4.65. The molecular formula is C14H15ClN2O. The quantitative estimate of drug-likeness (QED) is 0.823. The summed E-state index contributed by atoms with van der Waals surface area (Å²) in [6.07, 6.45) is 1.73. The van der Waals surface area contributed by atoms with E-state index in [1.165, 1.54) is 0 Å². The third-order valence-electron chi connectivity index (χ3n) is 3.49. The summed E-state index contributed by atoms with van der Waals surface area (Å²) in [6, 6.07) is 7.55. The number of piperidine rings is 1. The molecule has 1 aromatic rings. The number of anilines is 1. The average molecular weight is 263 g/mol. The minimum atomic E-state index is 0.180. The number of carbonyl (C=O) groups is 1. The summed E-state index contributed by atoms with van der Waals surface area (Å²) in [5.41, 5.74) is 1.52. The predicted octanol–water partition coefficient (Wildman–Crippen LogP) is 3.02. The first-order chi connectivity index (χ1) is 8.61. The van der Waals surface area contributed by atoms with Crippen LogP contribution in [0.25, 0.3) is 0 Å². The molecule has 1 aliphatic heterocycles. The zero-order chi connectivity index (χ0) is 13.1. The van der Waals surface area contributed by atoms with Gasteiger partial charge in [-0.25, -0.2) is 0 Å². The van der Waals surface area contributed by atoms with Crippen LogP contribution in [-0.4, -0.2) is 18.9 Å².